The number of rotatable bonds is 4. The van der Waals surface area contributed by atoms with Crippen LogP contribution in [-0.4, -0.2) is 22.8 Å². The van der Waals surface area contributed by atoms with Crippen LogP contribution < -0.4 is 16.8 Å². The third-order valence-electron chi connectivity index (χ3n) is 1.72. The summed E-state index contributed by atoms with van der Waals surface area (Å²) in [5.41, 5.74) is 10.2. The minimum atomic E-state index is -1.07. The summed E-state index contributed by atoms with van der Waals surface area (Å²) in [6.45, 7) is 0. The van der Waals surface area contributed by atoms with E-state index in [1.807, 2.05) is 0 Å². The molecule has 0 saturated heterocycles. The molecule has 1 aromatic rings. The zero-order valence-corrected chi connectivity index (χ0v) is 8.31. The summed E-state index contributed by atoms with van der Waals surface area (Å²) in [4.78, 5) is 25.3. The van der Waals surface area contributed by atoms with Crippen molar-refractivity contribution in [1.82, 2.24) is 4.98 Å². The van der Waals surface area contributed by atoms with Crippen LogP contribution in [0.1, 0.15) is 6.42 Å². The normalized spacial score (nSPS) is 11.9. The summed E-state index contributed by atoms with van der Waals surface area (Å²) in [6, 6.07) is 2.86. The Labute approximate surface area is 90.8 Å². The Hall–Kier alpha value is -2.02. The summed E-state index contributed by atoms with van der Waals surface area (Å²) in [6.07, 6.45) is -0.277. The second kappa shape index (κ2) is 5.17. The first kappa shape index (κ1) is 12.1. The molecule has 0 bridgehead atoms. The zero-order chi connectivity index (χ0) is 12.1. The van der Waals surface area contributed by atoms with Crippen molar-refractivity contribution >= 4 is 17.6 Å². The number of amides is 2. The SMILES string of the molecule is NC(=O)CC(N)C(=O)Nc1cccc(F)n1. The third-order valence-corrected chi connectivity index (χ3v) is 1.72. The maximum absolute atomic E-state index is 12.7. The molecule has 1 aromatic heterocycles. The summed E-state index contributed by atoms with van der Waals surface area (Å²) < 4.78 is 12.7. The first-order chi connectivity index (χ1) is 7.49. The lowest BCUT2D eigenvalue weighted by Gasteiger charge is -2.09. The number of nitrogens with one attached hydrogen (secondary N) is 1. The number of pyridine rings is 1. The predicted molar refractivity (Wildman–Crippen MR) is 54.6 cm³/mol. The van der Waals surface area contributed by atoms with Crippen LogP contribution in [0.3, 0.4) is 0 Å². The minimum absolute atomic E-state index is 0.0323. The van der Waals surface area contributed by atoms with Gasteiger partial charge in [-0.1, -0.05) is 6.07 Å². The Morgan fingerprint density at radius 2 is 2.19 bits per heavy atom. The van der Waals surface area contributed by atoms with Gasteiger partial charge in [0.2, 0.25) is 17.8 Å². The fraction of sp³-hybridized carbons (Fsp3) is 0.222. The standard InChI is InChI=1S/C9H11FN4O2/c10-6-2-1-3-8(13-6)14-9(16)5(11)4-7(12)15/h1-3,5H,4,11H2,(H2,12,15)(H,13,14,16). The molecular weight excluding hydrogens is 215 g/mol. The molecule has 0 aliphatic heterocycles. The van der Waals surface area contributed by atoms with Crippen molar-refractivity contribution in [3.63, 3.8) is 0 Å². The number of hydrogen-bond donors (Lipinski definition) is 3. The highest BCUT2D eigenvalue weighted by Crippen LogP contribution is 2.04. The lowest BCUT2D eigenvalue weighted by atomic mass is 10.2. The second-order valence-corrected chi connectivity index (χ2v) is 3.11. The average Bonchev–Trinajstić information content (AvgIpc) is 2.16. The number of anilines is 1. The zero-order valence-electron chi connectivity index (χ0n) is 8.31. The molecule has 0 saturated carbocycles. The molecule has 0 radical (unpaired) electrons. The molecule has 1 atom stereocenters. The predicted octanol–water partition coefficient (Wildman–Crippen LogP) is -0.638. The number of carbonyl (C=O) groups excluding carboxylic acids is 2. The Bertz CT molecular complexity index is 410. The molecule has 86 valence electrons. The van der Waals surface area contributed by atoms with E-state index in [0.717, 1.165) is 6.07 Å². The summed E-state index contributed by atoms with van der Waals surface area (Å²) >= 11 is 0. The van der Waals surface area contributed by atoms with Gasteiger partial charge in [0.25, 0.3) is 0 Å². The molecule has 6 nitrogen and oxygen atoms in total. The van der Waals surface area contributed by atoms with Crippen molar-refractivity contribution < 1.29 is 14.0 Å². The van der Waals surface area contributed by atoms with Crippen LogP contribution in [-0.2, 0) is 9.59 Å². The van der Waals surface area contributed by atoms with Crippen LogP contribution >= 0.6 is 0 Å². The van der Waals surface area contributed by atoms with Gasteiger partial charge in [-0.3, -0.25) is 9.59 Å². The van der Waals surface area contributed by atoms with Crippen molar-refractivity contribution in [3.8, 4) is 0 Å². The molecule has 16 heavy (non-hydrogen) atoms. The first-order valence-electron chi connectivity index (χ1n) is 4.46. The number of halogens is 1. The summed E-state index contributed by atoms with van der Waals surface area (Å²) in [5, 5.41) is 2.27. The highest BCUT2D eigenvalue weighted by atomic mass is 19.1. The molecule has 0 aliphatic rings. The molecule has 2 amide bonds. The van der Waals surface area contributed by atoms with Crippen molar-refractivity contribution in [2.24, 2.45) is 11.5 Å². The van der Waals surface area contributed by atoms with Gasteiger partial charge in [0.15, 0.2) is 0 Å². The van der Waals surface area contributed by atoms with Gasteiger partial charge < -0.3 is 16.8 Å². The van der Waals surface area contributed by atoms with E-state index in [-0.39, 0.29) is 12.2 Å². The topological polar surface area (TPSA) is 111 Å². The molecule has 1 unspecified atom stereocenters. The maximum atomic E-state index is 12.7. The lowest BCUT2D eigenvalue weighted by molar-refractivity contribution is -0.123. The van der Waals surface area contributed by atoms with Gasteiger partial charge in [-0.15, -0.1) is 0 Å². The fourth-order valence-electron chi connectivity index (χ4n) is 1.01. The van der Waals surface area contributed by atoms with E-state index < -0.39 is 23.8 Å². The molecule has 5 N–H and O–H groups in total. The second-order valence-electron chi connectivity index (χ2n) is 3.11. The minimum Gasteiger partial charge on any atom is -0.370 e. The Morgan fingerprint density at radius 3 is 2.75 bits per heavy atom. The summed E-state index contributed by atoms with van der Waals surface area (Å²) in [7, 11) is 0. The number of aromatic nitrogens is 1. The fourth-order valence-corrected chi connectivity index (χ4v) is 1.01. The maximum Gasteiger partial charge on any atom is 0.242 e. The smallest absolute Gasteiger partial charge is 0.242 e. The highest BCUT2D eigenvalue weighted by Gasteiger charge is 2.16. The third kappa shape index (κ3) is 3.62. The van der Waals surface area contributed by atoms with Crippen LogP contribution in [0.5, 0.6) is 0 Å². The molecule has 1 rings (SSSR count). The van der Waals surface area contributed by atoms with Gasteiger partial charge in [-0.2, -0.15) is 4.39 Å². The quantitative estimate of drug-likeness (QED) is 0.593. The van der Waals surface area contributed by atoms with Crippen molar-refractivity contribution in [3.05, 3.63) is 24.1 Å². The van der Waals surface area contributed by atoms with Gasteiger partial charge in [-0.05, 0) is 12.1 Å². The van der Waals surface area contributed by atoms with E-state index in [4.69, 9.17) is 11.5 Å². The van der Waals surface area contributed by atoms with Crippen LogP contribution in [0.15, 0.2) is 18.2 Å². The van der Waals surface area contributed by atoms with Gasteiger partial charge in [0.1, 0.15) is 5.82 Å². The molecule has 0 aromatic carbocycles. The highest BCUT2D eigenvalue weighted by molar-refractivity contribution is 5.96. The number of nitrogens with two attached hydrogens (primary N) is 2. The lowest BCUT2D eigenvalue weighted by Crippen LogP contribution is -2.39. The molecular formula is C9H11FN4O2. The van der Waals surface area contributed by atoms with Crippen LogP contribution in [0.4, 0.5) is 10.2 Å². The van der Waals surface area contributed by atoms with E-state index in [1.165, 1.54) is 12.1 Å². The Balaban J connectivity index is 2.60. The number of carbonyl (C=O) groups is 2. The molecule has 1 heterocycles. The van der Waals surface area contributed by atoms with E-state index in [9.17, 15) is 14.0 Å². The van der Waals surface area contributed by atoms with Crippen molar-refractivity contribution in [1.29, 1.82) is 0 Å². The van der Waals surface area contributed by atoms with Gasteiger partial charge in [0, 0.05) is 0 Å². The summed E-state index contributed by atoms with van der Waals surface area (Å²) in [5.74, 6) is -2.02. The Morgan fingerprint density at radius 1 is 1.50 bits per heavy atom. The average molecular weight is 226 g/mol. The van der Waals surface area contributed by atoms with Crippen LogP contribution in [0.2, 0.25) is 0 Å². The number of hydrogen-bond acceptors (Lipinski definition) is 4. The van der Waals surface area contributed by atoms with E-state index in [0.29, 0.717) is 0 Å². The van der Waals surface area contributed by atoms with Gasteiger partial charge >= 0.3 is 0 Å². The van der Waals surface area contributed by atoms with Crippen LogP contribution in [0, 0.1) is 5.95 Å². The first-order valence-corrected chi connectivity index (χ1v) is 4.46. The number of primary amides is 1. The largest absolute Gasteiger partial charge is 0.370 e. The van der Waals surface area contributed by atoms with E-state index >= 15 is 0 Å². The van der Waals surface area contributed by atoms with E-state index in [1.54, 1.807) is 0 Å². The van der Waals surface area contributed by atoms with E-state index in [2.05, 4.69) is 10.3 Å². The van der Waals surface area contributed by atoms with Crippen molar-refractivity contribution in [2.75, 3.05) is 5.32 Å². The van der Waals surface area contributed by atoms with Crippen molar-refractivity contribution in [2.45, 2.75) is 12.5 Å². The number of nitrogens with zero attached hydrogens (tertiary/aromatic N) is 1. The molecule has 0 fully saturated rings. The van der Waals surface area contributed by atoms with Gasteiger partial charge in [0.05, 0.1) is 12.5 Å². The monoisotopic (exact) mass is 226 g/mol. The van der Waals surface area contributed by atoms with Crippen LogP contribution in [0.25, 0.3) is 0 Å². The molecule has 0 aliphatic carbocycles. The molecule has 0 spiro atoms. The molecule has 7 heteroatoms. The van der Waals surface area contributed by atoms with Gasteiger partial charge in [-0.25, -0.2) is 4.98 Å². The Kier molecular flexibility index (Phi) is 3.90.